The van der Waals surface area contributed by atoms with Crippen molar-refractivity contribution in [2.24, 2.45) is 0 Å². The van der Waals surface area contributed by atoms with Crippen molar-refractivity contribution in [3.63, 3.8) is 0 Å². The highest BCUT2D eigenvalue weighted by Gasteiger charge is 2.60. The summed E-state index contributed by atoms with van der Waals surface area (Å²) in [5.74, 6) is -6.68. The zero-order chi connectivity index (χ0) is 24.3. The number of alkyl halides is 5. The largest absolute Gasteiger partial charge is 0.458 e. The van der Waals surface area contributed by atoms with Crippen LogP contribution in [-0.2, 0) is 27.7 Å². The molecule has 32 heavy (non-hydrogen) atoms. The van der Waals surface area contributed by atoms with Crippen LogP contribution < -0.4 is 4.90 Å². The Bertz CT molecular complexity index is 1240. The molecule has 1 aliphatic rings. The molecule has 172 valence electrons. The fourth-order valence-corrected chi connectivity index (χ4v) is 5.18. The van der Waals surface area contributed by atoms with Crippen LogP contribution >= 0.6 is 11.3 Å². The van der Waals surface area contributed by atoms with Gasteiger partial charge in [-0.25, -0.2) is 13.4 Å². The molecule has 0 bridgehead atoms. The van der Waals surface area contributed by atoms with E-state index in [1.165, 1.54) is 19.2 Å². The van der Waals surface area contributed by atoms with Crippen molar-refractivity contribution < 1.29 is 35.2 Å². The van der Waals surface area contributed by atoms with Crippen LogP contribution in [0.1, 0.15) is 46.4 Å². The molecule has 0 radical (unpaired) electrons. The van der Waals surface area contributed by atoms with Crippen LogP contribution in [0.15, 0.2) is 23.2 Å². The normalized spacial score (nSPS) is 15.1. The van der Waals surface area contributed by atoms with Crippen molar-refractivity contribution in [3.8, 4) is 6.07 Å². The highest BCUT2D eigenvalue weighted by Crippen LogP contribution is 2.48. The van der Waals surface area contributed by atoms with Gasteiger partial charge in [0.1, 0.15) is 4.90 Å². The van der Waals surface area contributed by atoms with Gasteiger partial charge >= 0.3 is 12.1 Å². The Kier molecular flexibility index (Phi) is 5.63. The molecule has 1 amide bonds. The summed E-state index contributed by atoms with van der Waals surface area (Å²) in [6.45, 7) is 4.06. The topological polar surface area (TPSA) is 91.1 Å². The van der Waals surface area contributed by atoms with Crippen LogP contribution in [0.2, 0.25) is 0 Å². The molecule has 0 fully saturated rings. The predicted octanol–water partition coefficient (Wildman–Crippen LogP) is 4.55. The van der Waals surface area contributed by atoms with Gasteiger partial charge in [0.25, 0.3) is 5.91 Å². The van der Waals surface area contributed by atoms with Gasteiger partial charge in [-0.2, -0.15) is 27.2 Å². The number of thiophene rings is 1. The quantitative estimate of drug-likeness (QED) is 0.570. The van der Waals surface area contributed by atoms with Crippen LogP contribution in [0.4, 0.5) is 27.8 Å². The predicted molar refractivity (Wildman–Crippen MR) is 105 cm³/mol. The second kappa shape index (κ2) is 7.48. The van der Waals surface area contributed by atoms with Crippen molar-refractivity contribution in [2.75, 3.05) is 10.7 Å². The van der Waals surface area contributed by atoms with Gasteiger partial charge in [0.2, 0.25) is 0 Å². The molecule has 0 unspecified atom stereocenters. The van der Waals surface area contributed by atoms with Crippen molar-refractivity contribution in [1.29, 1.82) is 5.26 Å². The minimum atomic E-state index is -5.82. The van der Waals surface area contributed by atoms with Crippen LogP contribution in [0, 0.1) is 11.3 Å². The van der Waals surface area contributed by atoms with E-state index in [1.807, 2.05) is 6.07 Å². The number of aromatic nitrogens is 1. The van der Waals surface area contributed by atoms with Gasteiger partial charge in [-0.3, -0.25) is 9.69 Å². The van der Waals surface area contributed by atoms with Crippen molar-refractivity contribution >= 4 is 32.9 Å². The molecule has 1 aliphatic heterocycles. The second-order valence-corrected chi connectivity index (χ2v) is 11.0. The molecule has 2 aromatic heterocycles. The average molecular weight is 493 g/mol. The fourth-order valence-electron chi connectivity index (χ4n) is 2.98. The van der Waals surface area contributed by atoms with E-state index in [0.29, 0.717) is 6.07 Å². The van der Waals surface area contributed by atoms with Crippen LogP contribution in [-0.4, -0.2) is 31.2 Å². The minimum absolute atomic E-state index is 0.0583. The molecule has 0 atom stereocenters. The van der Waals surface area contributed by atoms with Crippen molar-refractivity contribution in [2.45, 2.75) is 49.7 Å². The van der Waals surface area contributed by atoms with E-state index in [4.69, 9.17) is 0 Å². The van der Waals surface area contributed by atoms with E-state index in [-0.39, 0.29) is 43.8 Å². The number of hydrogen-bond donors (Lipinski definition) is 0. The molecule has 0 spiro atoms. The lowest BCUT2D eigenvalue weighted by Gasteiger charge is -2.22. The summed E-state index contributed by atoms with van der Waals surface area (Å²) in [4.78, 5) is 16.1. The Morgan fingerprint density at radius 2 is 1.84 bits per heavy atom. The maximum Gasteiger partial charge on any atom is 0.458 e. The lowest BCUT2D eigenvalue weighted by Crippen LogP contribution is -2.33. The van der Waals surface area contributed by atoms with Crippen molar-refractivity contribution in [3.05, 3.63) is 39.2 Å². The first kappa shape index (κ1) is 24.1. The third-order valence-corrected chi connectivity index (χ3v) is 7.98. The number of halogens is 5. The number of nitrogens with zero attached hydrogens (tertiary/aromatic N) is 3. The molecule has 3 heterocycles. The van der Waals surface area contributed by atoms with Gasteiger partial charge < -0.3 is 0 Å². The molecule has 3 rings (SSSR count). The first-order valence-electron chi connectivity index (χ1n) is 9.11. The molecule has 2 aromatic rings. The van der Waals surface area contributed by atoms with E-state index in [1.54, 1.807) is 13.8 Å². The summed E-state index contributed by atoms with van der Waals surface area (Å²) >= 11 is 0.135. The number of carbonyl (C=O) groups excluding carboxylic acids is 1. The molecule has 0 aromatic carbocycles. The summed E-state index contributed by atoms with van der Waals surface area (Å²) in [6.07, 6.45) is -4.59. The van der Waals surface area contributed by atoms with Crippen LogP contribution in [0.5, 0.6) is 0 Å². The lowest BCUT2D eigenvalue weighted by atomic mass is 9.88. The molecular formula is C19H16F5N3O3S2. The Hall–Kier alpha value is -2.59. The molecule has 6 nitrogen and oxygen atoms in total. The van der Waals surface area contributed by atoms with Crippen molar-refractivity contribution in [1.82, 2.24) is 4.98 Å². The van der Waals surface area contributed by atoms with Gasteiger partial charge in [0.15, 0.2) is 15.7 Å². The third kappa shape index (κ3) is 3.75. The molecule has 0 N–H and O–H groups in total. The Morgan fingerprint density at radius 1 is 1.22 bits per heavy atom. The molecule has 0 saturated carbocycles. The number of carbonyl (C=O) groups is 1. The third-order valence-electron chi connectivity index (χ3n) is 5.06. The number of nitriles is 1. The Morgan fingerprint density at radius 3 is 2.34 bits per heavy atom. The van der Waals surface area contributed by atoms with Gasteiger partial charge in [-0.15, -0.1) is 11.3 Å². The second-order valence-electron chi connectivity index (χ2n) is 7.60. The van der Waals surface area contributed by atoms with Gasteiger partial charge in [0.05, 0.1) is 34.2 Å². The Labute approximate surface area is 184 Å². The molecule has 0 aliphatic carbocycles. The van der Waals surface area contributed by atoms with Crippen LogP contribution in [0.25, 0.3) is 0 Å². The van der Waals surface area contributed by atoms with E-state index in [9.17, 15) is 40.4 Å². The number of fused-ring (bicyclic) bond motifs is 1. The standard InChI is InChI=1S/C19H16F5N3O3S2/c1-4-32(29,30)13-5-10(17(2,3)9-25)7-26-15(13)27-8-12-11(16(27)28)6-14(31-12)18(20,21)19(22,23)24/h5-7H,4,8H2,1-3H3. The van der Waals surface area contributed by atoms with Gasteiger partial charge in [0, 0.05) is 11.1 Å². The van der Waals surface area contributed by atoms with Gasteiger partial charge in [-0.1, -0.05) is 6.92 Å². The zero-order valence-electron chi connectivity index (χ0n) is 16.9. The maximum atomic E-state index is 13.7. The number of pyridine rings is 1. The summed E-state index contributed by atoms with van der Waals surface area (Å²) < 4.78 is 90.7. The maximum absolute atomic E-state index is 13.7. The summed E-state index contributed by atoms with van der Waals surface area (Å²) in [6, 6.07) is 3.73. The number of anilines is 1. The van der Waals surface area contributed by atoms with Gasteiger partial charge in [-0.05, 0) is 31.5 Å². The number of sulfone groups is 1. The fraction of sp³-hybridized carbons (Fsp3) is 0.421. The summed E-state index contributed by atoms with van der Waals surface area (Å²) in [5, 5.41) is 9.33. The van der Waals surface area contributed by atoms with E-state index < -0.39 is 44.7 Å². The smallest absolute Gasteiger partial charge is 0.286 e. The van der Waals surface area contributed by atoms with E-state index in [2.05, 4.69) is 4.98 Å². The molecule has 0 saturated heterocycles. The number of hydrogen-bond acceptors (Lipinski definition) is 6. The zero-order valence-corrected chi connectivity index (χ0v) is 18.6. The molecular weight excluding hydrogens is 477 g/mol. The first-order valence-corrected chi connectivity index (χ1v) is 11.6. The van der Waals surface area contributed by atoms with E-state index in [0.717, 1.165) is 4.90 Å². The SMILES string of the molecule is CCS(=O)(=O)c1cc(C(C)(C)C#N)cnc1N1Cc2sc(C(F)(F)C(F)(F)F)cc2C1=O. The lowest BCUT2D eigenvalue weighted by molar-refractivity contribution is -0.287. The molecule has 13 heteroatoms. The van der Waals surface area contributed by atoms with E-state index >= 15 is 0 Å². The summed E-state index contributed by atoms with van der Waals surface area (Å²) in [7, 11) is -3.93. The van der Waals surface area contributed by atoms with Crippen LogP contribution in [0.3, 0.4) is 0 Å². The summed E-state index contributed by atoms with van der Waals surface area (Å²) in [5.41, 5.74) is -1.17. The Balaban J connectivity index is 2.08. The number of rotatable bonds is 5. The highest BCUT2D eigenvalue weighted by atomic mass is 32.2. The average Bonchev–Trinajstić information content (AvgIpc) is 3.26. The highest BCUT2D eigenvalue weighted by molar-refractivity contribution is 7.91. The monoisotopic (exact) mass is 493 g/mol. The minimum Gasteiger partial charge on any atom is -0.286 e. The first-order chi connectivity index (χ1) is 14.6. The number of amides is 1.